The third-order valence-corrected chi connectivity index (χ3v) is 9.74. The molecule has 0 aromatic rings. The zero-order valence-corrected chi connectivity index (χ0v) is 16.9. The van der Waals surface area contributed by atoms with Gasteiger partial charge in [-0.3, -0.25) is 0 Å². The van der Waals surface area contributed by atoms with Gasteiger partial charge in [0.05, 0.1) is 0 Å². The van der Waals surface area contributed by atoms with Crippen LogP contribution < -0.4 is 0 Å². The van der Waals surface area contributed by atoms with E-state index in [1.165, 1.54) is 25.7 Å². The average molecular weight is 331 g/mol. The molecule has 0 bridgehead atoms. The van der Waals surface area contributed by atoms with Crippen LogP contribution in [0.4, 0.5) is 0 Å². The second-order valence-corrected chi connectivity index (χ2v) is 10.8. The Morgan fingerprint density at radius 2 is 1.79 bits per heavy atom. The van der Waals surface area contributed by atoms with Crippen LogP contribution in [0.5, 0.6) is 0 Å². The van der Waals surface area contributed by atoms with Crippen molar-refractivity contribution in [3.63, 3.8) is 0 Å². The van der Waals surface area contributed by atoms with E-state index >= 15 is 0 Å². The highest BCUT2D eigenvalue weighted by Gasteiger charge is 2.58. The number of hydrogen-bond acceptors (Lipinski definition) is 0. The van der Waals surface area contributed by atoms with Crippen molar-refractivity contribution >= 4 is 0 Å². The van der Waals surface area contributed by atoms with Crippen molar-refractivity contribution in [1.82, 2.24) is 0 Å². The lowest BCUT2D eigenvalue weighted by Crippen LogP contribution is -2.51. The van der Waals surface area contributed by atoms with E-state index in [1.54, 1.807) is 44.9 Å². The van der Waals surface area contributed by atoms with Gasteiger partial charge in [-0.2, -0.15) is 0 Å². The van der Waals surface area contributed by atoms with Gasteiger partial charge < -0.3 is 0 Å². The fourth-order valence-electron chi connectivity index (χ4n) is 8.90. The first-order chi connectivity index (χ1) is 11.6. The van der Waals surface area contributed by atoms with Crippen molar-refractivity contribution in [3.05, 3.63) is 0 Å². The van der Waals surface area contributed by atoms with E-state index < -0.39 is 0 Å². The molecule has 0 aliphatic heterocycles. The molecule has 138 valence electrons. The molecule has 0 saturated heterocycles. The first kappa shape index (κ1) is 17.4. The van der Waals surface area contributed by atoms with Crippen molar-refractivity contribution < 1.29 is 0 Å². The van der Waals surface area contributed by atoms with Gasteiger partial charge in [-0.15, -0.1) is 0 Å². The summed E-state index contributed by atoms with van der Waals surface area (Å²) in [7, 11) is 0. The van der Waals surface area contributed by atoms with E-state index in [0.717, 1.165) is 47.3 Å². The molecule has 0 radical (unpaired) electrons. The van der Waals surface area contributed by atoms with Crippen LogP contribution in [-0.2, 0) is 0 Å². The van der Waals surface area contributed by atoms with Gasteiger partial charge in [-0.05, 0) is 91.3 Å². The smallest absolute Gasteiger partial charge is 0.0264 e. The molecule has 24 heavy (non-hydrogen) atoms. The van der Waals surface area contributed by atoms with Crippen LogP contribution >= 0.6 is 0 Å². The Morgan fingerprint density at radius 3 is 2.58 bits per heavy atom. The summed E-state index contributed by atoms with van der Waals surface area (Å²) in [5.41, 5.74) is 0.686. The van der Waals surface area contributed by atoms with E-state index in [1.807, 2.05) is 0 Å². The highest BCUT2D eigenvalue weighted by Crippen LogP contribution is 2.66. The number of hydrogen-bond donors (Lipinski definition) is 0. The minimum atomic E-state index is 0.686. The van der Waals surface area contributed by atoms with Crippen LogP contribution in [0.25, 0.3) is 0 Å². The van der Waals surface area contributed by atoms with E-state index in [0.29, 0.717) is 5.41 Å². The molecule has 4 rings (SSSR count). The summed E-state index contributed by atoms with van der Waals surface area (Å²) in [5, 5.41) is 0. The quantitative estimate of drug-likeness (QED) is 0.508. The van der Waals surface area contributed by atoms with Gasteiger partial charge in [0, 0.05) is 0 Å². The van der Waals surface area contributed by atoms with Crippen LogP contribution in [0.2, 0.25) is 0 Å². The first-order valence-electron chi connectivity index (χ1n) is 11.6. The fraction of sp³-hybridized carbons (Fsp3) is 1.00. The van der Waals surface area contributed by atoms with Gasteiger partial charge in [0.2, 0.25) is 0 Å². The van der Waals surface area contributed by atoms with Crippen LogP contribution in [0, 0.1) is 52.8 Å². The van der Waals surface area contributed by atoms with Gasteiger partial charge in [-0.25, -0.2) is 0 Å². The number of fused-ring (bicyclic) bond motifs is 5. The van der Waals surface area contributed by atoms with Crippen LogP contribution in [0.3, 0.4) is 0 Å². The van der Waals surface area contributed by atoms with Crippen molar-refractivity contribution in [3.8, 4) is 0 Å². The average Bonchev–Trinajstić information content (AvgIpc) is 2.92. The van der Waals surface area contributed by atoms with Crippen LogP contribution in [0.1, 0.15) is 98.3 Å². The van der Waals surface area contributed by atoms with Gasteiger partial charge in [0.15, 0.2) is 0 Å². The maximum Gasteiger partial charge on any atom is -0.0264 e. The fourth-order valence-corrected chi connectivity index (χ4v) is 8.90. The van der Waals surface area contributed by atoms with Crippen molar-refractivity contribution in [2.45, 2.75) is 98.3 Å². The lowest BCUT2D eigenvalue weighted by Gasteiger charge is -2.58. The largest absolute Gasteiger partial charge is 0.0654 e. The van der Waals surface area contributed by atoms with Crippen LogP contribution in [0.15, 0.2) is 0 Å². The molecular formula is C24H42. The Bertz CT molecular complexity index is 439. The first-order valence-corrected chi connectivity index (χ1v) is 11.6. The second kappa shape index (κ2) is 6.62. The topological polar surface area (TPSA) is 0 Å². The third kappa shape index (κ3) is 2.61. The van der Waals surface area contributed by atoms with E-state index in [9.17, 15) is 0 Å². The summed E-state index contributed by atoms with van der Waals surface area (Å²) in [5.74, 6) is 8.49. The molecule has 0 heterocycles. The Kier molecular flexibility index (Phi) is 4.81. The maximum absolute atomic E-state index is 2.73. The van der Waals surface area contributed by atoms with E-state index in [4.69, 9.17) is 0 Å². The minimum Gasteiger partial charge on any atom is -0.0654 e. The summed E-state index contributed by atoms with van der Waals surface area (Å²) in [6, 6.07) is 0. The summed E-state index contributed by atoms with van der Waals surface area (Å²) in [6.07, 6.45) is 16.9. The summed E-state index contributed by atoms with van der Waals surface area (Å²) in [4.78, 5) is 0. The molecule has 0 spiro atoms. The zero-order chi connectivity index (χ0) is 16.9. The van der Waals surface area contributed by atoms with Gasteiger partial charge >= 0.3 is 0 Å². The molecule has 0 nitrogen and oxygen atoms in total. The van der Waals surface area contributed by atoms with E-state index in [-0.39, 0.29) is 0 Å². The number of rotatable bonds is 3. The van der Waals surface area contributed by atoms with Gasteiger partial charge in [0.1, 0.15) is 0 Å². The van der Waals surface area contributed by atoms with Crippen molar-refractivity contribution in [2.75, 3.05) is 0 Å². The molecule has 0 heteroatoms. The van der Waals surface area contributed by atoms with Gasteiger partial charge in [-0.1, -0.05) is 59.8 Å². The highest BCUT2D eigenvalue weighted by molar-refractivity contribution is 5.07. The molecule has 0 aromatic carbocycles. The Labute approximate surface area is 151 Å². The van der Waals surface area contributed by atoms with E-state index in [2.05, 4.69) is 27.7 Å². The molecular weight excluding hydrogens is 288 g/mol. The maximum atomic E-state index is 2.73. The summed E-state index contributed by atoms with van der Waals surface area (Å²) >= 11 is 0. The zero-order valence-electron chi connectivity index (χ0n) is 16.9. The summed E-state index contributed by atoms with van der Waals surface area (Å²) < 4.78 is 0. The Hall–Kier alpha value is 0. The highest BCUT2D eigenvalue weighted by atomic mass is 14.6. The van der Waals surface area contributed by atoms with Crippen molar-refractivity contribution in [1.29, 1.82) is 0 Å². The SMILES string of the molecule is CCCC(C)C1CCC2C3C(C)CC4CCCCC4C3CCC12C. The van der Waals surface area contributed by atoms with Gasteiger partial charge in [0.25, 0.3) is 0 Å². The monoisotopic (exact) mass is 330 g/mol. The summed E-state index contributed by atoms with van der Waals surface area (Å²) in [6.45, 7) is 10.3. The lowest BCUT2D eigenvalue weighted by molar-refractivity contribution is -0.0940. The second-order valence-electron chi connectivity index (χ2n) is 10.8. The predicted molar refractivity (Wildman–Crippen MR) is 104 cm³/mol. The lowest BCUT2D eigenvalue weighted by atomic mass is 9.47. The molecule has 0 N–H and O–H groups in total. The molecule has 4 aliphatic rings. The normalized spacial score (nSPS) is 52.2. The van der Waals surface area contributed by atoms with Crippen molar-refractivity contribution in [2.24, 2.45) is 52.8 Å². The molecule has 9 atom stereocenters. The molecule has 4 saturated carbocycles. The van der Waals surface area contributed by atoms with Crippen LogP contribution in [-0.4, -0.2) is 0 Å². The standard InChI is InChI=1S/C24H42/c1-5-8-16(2)21-11-12-22-23-17(3)15-18-9-6-7-10-19(18)20(23)13-14-24(21,22)4/h16-23H,5-15H2,1-4H3. The molecule has 9 unspecified atom stereocenters. The Morgan fingerprint density at radius 1 is 1.00 bits per heavy atom. The Balaban J connectivity index is 1.57. The molecule has 0 aromatic heterocycles. The molecule has 0 amide bonds. The third-order valence-electron chi connectivity index (χ3n) is 9.74. The molecule has 4 aliphatic carbocycles. The molecule has 4 fully saturated rings. The predicted octanol–water partition coefficient (Wildman–Crippen LogP) is 7.33. The minimum absolute atomic E-state index is 0.686.